The van der Waals surface area contributed by atoms with E-state index in [1.165, 1.54) is 6.07 Å². The molecule has 0 aliphatic carbocycles. The van der Waals surface area contributed by atoms with E-state index >= 15 is 0 Å². The van der Waals surface area contributed by atoms with Crippen LogP contribution in [0.2, 0.25) is 0 Å². The van der Waals surface area contributed by atoms with E-state index in [1.54, 1.807) is 12.1 Å². The summed E-state index contributed by atoms with van der Waals surface area (Å²) in [6, 6.07) is 16.8. The average molecular weight is 239 g/mol. The fourth-order valence-electron chi connectivity index (χ4n) is 1.61. The van der Waals surface area contributed by atoms with Gasteiger partial charge < -0.3 is 9.84 Å². The molecule has 0 atom stereocenters. The number of nitriles is 1. The van der Waals surface area contributed by atoms with Crippen LogP contribution in [0.15, 0.2) is 48.5 Å². The van der Waals surface area contributed by atoms with E-state index in [1.807, 2.05) is 36.4 Å². The number of hydrogen-bond donors (Lipinski definition) is 1. The van der Waals surface area contributed by atoms with Crippen molar-refractivity contribution < 1.29 is 9.84 Å². The van der Waals surface area contributed by atoms with Crippen LogP contribution in [0.5, 0.6) is 11.5 Å². The first-order chi connectivity index (χ1) is 8.79. The van der Waals surface area contributed by atoms with Gasteiger partial charge in [0, 0.05) is 11.6 Å². The van der Waals surface area contributed by atoms with Crippen LogP contribution < -0.4 is 4.74 Å². The molecule has 0 unspecified atom stereocenters. The van der Waals surface area contributed by atoms with E-state index in [9.17, 15) is 5.11 Å². The zero-order valence-electron chi connectivity index (χ0n) is 9.84. The maximum atomic E-state index is 9.69. The highest BCUT2D eigenvalue weighted by Gasteiger charge is 2.03. The van der Waals surface area contributed by atoms with E-state index in [2.05, 4.69) is 0 Å². The van der Waals surface area contributed by atoms with E-state index in [4.69, 9.17) is 10.00 Å². The van der Waals surface area contributed by atoms with Gasteiger partial charge >= 0.3 is 0 Å². The quantitative estimate of drug-likeness (QED) is 0.892. The summed E-state index contributed by atoms with van der Waals surface area (Å²) in [5.74, 6) is 0.695. The average Bonchev–Trinajstić information content (AvgIpc) is 2.41. The van der Waals surface area contributed by atoms with Crippen LogP contribution in [0.3, 0.4) is 0 Å². The van der Waals surface area contributed by atoms with Crippen LogP contribution in [0.25, 0.3) is 0 Å². The summed E-state index contributed by atoms with van der Waals surface area (Å²) in [4.78, 5) is 0. The lowest BCUT2D eigenvalue weighted by molar-refractivity contribution is 0.304. The monoisotopic (exact) mass is 239 g/mol. The lowest BCUT2D eigenvalue weighted by atomic mass is 10.1. The minimum absolute atomic E-state index is 0.0992. The van der Waals surface area contributed by atoms with Gasteiger partial charge in [0.15, 0.2) is 0 Å². The second-order valence-corrected chi connectivity index (χ2v) is 3.90. The van der Waals surface area contributed by atoms with E-state index in [-0.39, 0.29) is 12.2 Å². The van der Waals surface area contributed by atoms with Gasteiger partial charge in [0.1, 0.15) is 18.1 Å². The number of phenolic OH excluding ortho intramolecular Hbond substituents is 1. The molecule has 2 aromatic rings. The second kappa shape index (κ2) is 5.74. The molecule has 0 amide bonds. The number of nitrogens with zero attached hydrogens (tertiary/aromatic N) is 1. The summed E-state index contributed by atoms with van der Waals surface area (Å²) in [7, 11) is 0. The van der Waals surface area contributed by atoms with Gasteiger partial charge in [0.05, 0.1) is 12.5 Å². The minimum atomic E-state index is 0.0992. The van der Waals surface area contributed by atoms with Crippen LogP contribution in [0.1, 0.15) is 11.1 Å². The van der Waals surface area contributed by atoms with E-state index < -0.39 is 0 Å². The molecule has 0 aliphatic rings. The van der Waals surface area contributed by atoms with Gasteiger partial charge in [-0.3, -0.25) is 0 Å². The lowest BCUT2D eigenvalue weighted by Gasteiger charge is -2.08. The van der Waals surface area contributed by atoms with Crippen molar-refractivity contribution in [1.29, 1.82) is 5.26 Å². The predicted molar refractivity (Wildman–Crippen MR) is 68.2 cm³/mol. The number of phenols is 1. The number of hydrogen-bond acceptors (Lipinski definition) is 3. The third kappa shape index (κ3) is 3.02. The first-order valence-corrected chi connectivity index (χ1v) is 5.65. The fourth-order valence-corrected chi connectivity index (χ4v) is 1.61. The first-order valence-electron chi connectivity index (χ1n) is 5.65. The fraction of sp³-hybridized carbons (Fsp3) is 0.133. The van der Waals surface area contributed by atoms with Crippen molar-refractivity contribution in [2.24, 2.45) is 0 Å². The Hall–Kier alpha value is -2.47. The smallest absolute Gasteiger partial charge is 0.123 e. The zero-order chi connectivity index (χ0) is 12.8. The Bertz CT molecular complexity index is 558. The Labute approximate surface area is 106 Å². The standard InChI is InChI=1S/C15H13NO2/c16-9-8-13-6-7-14(10-15(13)17)18-11-12-4-2-1-3-5-12/h1-7,10,17H,8,11H2. The van der Waals surface area contributed by atoms with Crippen molar-refractivity contribution in [2.75, 3.05) is 0 Å². The molecule has 3 nitrogen and oxygen atoms in total. The topological polar surface area (TPSA) is 53.2 Å². The highest BCUT2D eigenvalue weighted by molar-refractivity contribution is 5.41. The summed E-state index contributed by atoms with van der Waals surface area (Å²) in [5.41, 5.74) is 1.68. The molecule has 1 N–H and O–H groups in total. The van der Waals surface area contributed by atoms with Crippen molar-refractivity contribution in [3.05, 3.63) is 59.7 Å². The van der Waals surface area contributed by atoms with Gasteiger partial charge in [-0.15, -0.1) is 0 Å². The van der Waals surface area contributed by atoms with Crippen molar-refractivity contribution in [3.63, 3.8) is 0 Å². The molecule has 0 aromatic heterocycles. The molecule has 0 spiro atoms. The third-order valence-electron chi connectivity index (χ3n) is 2.57. The Morgan fingerprint density at radius 2 is 1.89 bits per heavy atom. The normalized spacial score (nSPS) is 9.72. The maximum absolute atomic E-state index is 9.69. The molecule has 0 saturated heterocycles. The van der Waals surface area contributed by atoms with Crippen molar-refractivity contribution in [1.82, 2.24) is 0 Å². The first kappa shape index (κ1) is 12.0. The van der Waals surface area contributed by atoms with E-state index in [0.717, 1.165) is 5.56 Å². The molecule has 90 valence electrons. The lowest BCUT2D eigenvalue weighted by Crippen LogP contribution is -1.95. The van der Waals surface area contributed by atoms with Crippen molar-refractivity contribution in [3.8, 4) is 17.6 Å². The molecule has 0 heterocycles. The van der Waals surface area contributed by atoms with E-state index in [0.29, 0.717) is 17.9 Å². The molecule has 3 heteroatoms. The third-order valence-corrected chi connectivity index (χ3v) is 2.57. The van der Waals surface area contributed by atoms with Crippen LogP contribution in [-0.2, 0) is 13.0 Å². The van der Waals surface area contributed by atoms with Gasteiger partial charge in [-0.05, 0) is 11.6 Å². The largest absolute Gasteiger partial charge is 0.507 e. The van der Waals surface area contributed by atoms with Gasteiger partial charge in [-0.25, -0.2) is 0 Å². The van der Waals surface area contributed by atoms with Gasteiger partial charge in [0.2, 0.25) is 0 Å². The highest BCUT2D eigenvalue weighted by atomic mass is 16.5. The zero-order valence-corrected chi connectivity index (χ0v) is 9.84. The van der Waals surface area contributed by atoms with Crippen LogP contribution in [0, 0.1) is 11.3 Å². The number of ether oxygens (including phenoxy) is 1. The molecular formula is C15H13NO2. The number of aromatic hydroxyl groups is 1. The molecule has 0 radical (unpaired) electrons. The van der Waals surface area contributed by atoms with Gasteiger partial charge in [0.25, 0.3) is 0 Å². The highest BCUT2D eigenvalue weighted by Crippen LogP contribution is 2.24. The second-order valence-electron chi connectivity index (χ2n) is 3.90. The molecule has 2 rings (SSSR count). The Morgan fingerprint density at radius 1 is 1.11 bits per heavy atom. The Balaban J connectivity index is 2.03. The maximum Gasteiger partial charge on any atom is 0.123 e. The summed E-state index contributed by atoms with van der Waals surface area (Å²) in [6.07, 6.45) is 0.199. The number of rotatable bonds is 4. The summed E-state index contributed by atoms with van der Waals surface area (Å²) >= 11 is 0. The molecular weight excluding hydrogens is 226 g/mol. The SMILES string of the molecule is N#CCc1ccc(OCc2ccccc2)cc1O. The summed E-state index contributed by atoms with van der Waals surface area (Å²) < 4.78 is 5.56. The minimum Gasteiger partial charge on any atom is -0.507 e. The van der Waals surface area contributed by atoms with Crippen LogP contribution >= 0.6 is 0 Å². The summed E-state index contributed by atoms with van der Waals surface area (Å²) in [6.45, 7) is 0.456. The summed E-state index contributed by atoms with van der Waals surface area (Å²) in [5, 5.41) is 18.3. The van der Waals surface area contributed by atoms with Gasteiger partial charge in [-0.2, -0.15) is 5.26 Å². The van der Waals surface area contributed by atoms with Crippen molar-refractivity contribution >= 4 is 0 Å². The van der Waals surface area contributed by atoms with Crippen LogP contribution in [0.4, 0.5) is 0 Å². The molecule has 0 saturated carbocycles. The molecule has 0 bridgehead atoms. The Kier molecular flexibility index (Phi) is 3.83. The molecule has 2 aromatic carbocycles. The molecule has 0 aliphatic heterocycles. The van der Waals surface area contributed by atoms with Gasteiger partial charge in [-0.1, -0.05) is 36.4 Å². The molecule has 0 fully saturated rings. The van der Waals surface area contributed by atoms with Crippen molar-refractivity contribution in [2.45, 2.75) is 13.0 Å². The van der Waals surface area contributed by atoms with Crippen LogP contribution in [-0.4, -0.2) is 5.11 Å². The predicted octanol–water partition coefficient (Wildman–Crippen LogP) is 3.04. The number of benzene rings is 2. The Morgan fingerprint density at radius 3 is 2.56 bits per heavy atom. The molecule has 18 heavy (non-hydrogen) atoms.